The van der Waals surface area contributed by atoms with E-state index >= 15 is 0 Å². The first kappa shape index (κ1) is 78.3. The highest BCUT2D eigenvalue weighted by Crippen LogP contribution is 2.17. The number of carbonyl (C=O) groups excluding carboxylic acids is 3. The number of carbonyl (C=O) groups is 3. The van der Waals surface area contributed by atoms with E-state index in [1.54, 1.807) is 0 Å². The van der Waals surface area contributed by atoms with Crippen LogP contribution in [0.4, 0.5) is 0 Å². The molecule has 0 fully saturated rings. The van der Waals surface area contributed by atoms with Gasteiger partial charge in [-0.25, -0.2) is 0 Å². The minimum absolute atomic E-state index is 0.0790. The minimum atomic E-state index is -0.784. The summed E-state index contributed by atoms with van der Waals surface area (Å²) in [4.78, 5) is 38.4. The summed E-state index contributed by atoms with van der Waals surface area (Å²) < 4.78 is 17.0. The molecule has 1 atom stereocenters. The zero-order valence-corrected chi connectivity index (χ0v) is 54.2. The van der Waals surface area contributed by atoms with Gasteiger partial charge in [-0.15, -0.1) is 0 Å². The molecular weight excluding hydrogens is 1010 g/mol. The van der Waals surface area contributed by atoms with Gasteiger partial charge in [-0.1, -0.05) is 304 Å². The lowest BCUT2D eigenvalue weighted by molar-refractivity contribution is -0.167. The summed E-state index contributed by atoms with van der Waals surface area (Å²) in [5.41, 5.74) is 0. The van der Waals surface area contributed by atoms with Gasteiger partial charge in [0.15, 0.2) is 6.10 Å². The molecule has 0 aromatic rings. The summed E-state index contributed by atoms with van der Waals surface area (Å²) in [6.45, 7) is 6.52. The highest BCUT2D eigenvalue weighted by Gasteiger charge is 2.19. The standard InChI is InChI=1S/C76H132O6/c1-4-7-10-13-16-19-22-25-28-30-32-33-34-35-36-37-38-39-40-41-42-43-45-46-48-51-54-57-60-63-66-69-75(78)81-72-73(71-80-74(77)68-65-62-59-56-53-50-27-24-21-18-15-12-9-6-3)82-76(79)70-67-64-61-58-55-52-49-47-44-31-29-26-23-20-17-14-11-8-5-2/h7,10,16-17,19-20,24-29,32-33,35-36,73H,4-6,8-9,11-15,18,21-23,30-31,34,37-72H2,1-3H3/b10-7-,19-16-,20-17-,27-24-,28-25-,29-26-,33-32-,36-35-. The van der Waals surface area contributed by atoms with Crippen molar-refractivity contribution in [3.05, 3.63) is 97.2 Å². The molecule has 0 aliphatic rings. The monoisotopic (exact) mass is 1140 g/mol. The van der Waals surface area contributed by atoms with Gasteiger partial charge in [-0.3, -0.25) is 14.4 Å². The summed E-state index contributed by atoms with van der Waals surface area (Å²) in [6.07, 6.45) is 94.3. The SMILES string of the molecule is CC/C=C\C/C=C\C/C=C\C/C=C\C/C=C\CCCCCCCCCCCCCCCCCC(=O)OCC(COC(=O)CCCCCCC/C=C\CCCCCCC)OC(=O)CCCCCCCCCCC/C=C\C/C=C\CCCCC. The normalized spacial score (nSPS) is 12.7. The van der Waals surface area contributed by atoms with Crippen molar-refractivity contribution in [2.75, 3.05) is 13.2 Å². The van der Waals surface area contributed by atoms with Crippen molar-refractivity contribution in [1.82, 2.24) is 0 Å². The van der Waals surface area contributed by atoms with Gasteiger partial charge in [-0.2, -0.15) is 0 Å². The molecule has 0 aromatic heterocycles. The predicted molar refractivity (Wildman–Crippen MR) is 357 cm³/mol. The topological polar surface area (TPSA) is 78.9 Å². The molecule has 0 N–H and O–H groups in total. The van der Waals surface area contributed by atoms with Crippen molar-refractivity contribution >= 4 is 17.9 Å². The van der Waals surface area contributed by atoms with Crippen LogP contribution in [0, 0.1) is 0 Å². The second-order valence-electron chi connectivity index (χ2n) is 23.4. The second-order valence-corrected chi connectivity index (χ2v) is 23.4. The molecule has 472 valence electrons. The largest absolute Gasteiger partial charge is 0.462 e. The number of esters is 3. The molecular formula is C76H132O6. The molecule has 0 amide bonds. The van der Waals surface area contributed by atoms with E-state index < -0.39 is 6.10 Å². The number of allylic oxidation sites excluding steroid dienone is 16. The smallest absolute Gasteiger partial charge is 0.306 e. The van der Waals surface area contributed by atoms with Crippen LogP contribution in [-0.4, -0.2) is 37.2 Å². The Bertz CT molecular complexity index is 1590. The van der Waals surface area contributed by atoms with Crippen LogP contribution >= 0.6 is 0 Å². The lowest BCUT2D eigenvalue weighted by Crippen LogP contribution is -2.30. The molecule has 0 radical (unpaired) electrons. The number of unbranched alkanes of at least 4 members (excludes halogenated alkanes) is 37. The van der Waals surface area contributed by atoms with Gasteiger partial charge in [-0.05, 0) is 122 Å². The third-order valence-corrected chi connectivity index (χ3v) is 15.3. The van der Waals surface area contributed by atoms with Crippen molar-refractivity contribution in [3.63, 3.8) is 0 Å². The van der Waals surface area contributed by atoms with E-state index in [9.17, 15) is 14.4 Å². The quantitative estimate of drug-likeness (QED) is 0.0261. The number of hydrogen-bond donors (Lipinski definition) is 0. The first-order valence-corrected chi connectivity index (χ1v) is 35.2. The number of ether oxygens (including phenoxy) is 3. The fraction of sp³-hybridized carbons (Fsp3) is 0.750. The summed E-state index contributed by atoms with van der Waals surface area (Å²) in [7, 11) is 0. The molecule has 0 bridgehead atoms. The van der Waals surface area contributed by atoms with Gasteiger partial charge in [0, 0.05) is 19.3 Å². The molecule has 0 aliphatic heterocycles. The zero-order chi connectivity index (χ0) is 59.2. The Morgan fingerprint density at radius 3 is 0.780 bits per heavy atom. The second kappa shape index (κ2) is 69.8. The van der Waals surface area contributed by atoms with E-state index in [1.807, 2.05) is 0 Å². The molecule has 6 heteroatoms. The molecule has 1 unspecified atom stereocenters. The van der Waals surface area contributed by atoms with Gasteiger partial charge < -0.3 is 14.2 Å². The Morgan fingerprint density at radius 2 is 0.476 bits per heavy atom. The predicted octanol–water partition coefficient (Wildman–Crippen LogP) is 24.4. The average molecular weight is 1140 g/mol. The lowest BCUT2D eigenvalue weighted by Gasteiger charge is -2.18. The van der Waals surface area contributed by atoms with Crippen LogP contribution in [0.25, 0.3) is 0 Å². The highest BCUT2D eigenvalue weighted by molar-refractivity contribution is 5.71. The van der Waals surface area contributed by atoms with Crippen LogP contribution in [0.1, 0.15) is 348 Å². The third kappa shape index (κ3) is 67.1. The van der Waals surface area contributed by atoms with Crippen molar-refractivity contribution in [3.8, 4) is 0 Å². The van der Waals surface area contributed by atoms with Crippen LogP contribution < -0.4 is 0 Å². The summed E-state index contributed by atoms with van der Waals surface area (Å²) in [6, 6.07) is 0. The van der Waals surface area contributed by atoms with Gasteiger partial charge in [0.05, 0.1) is 0 Å². The summed E-state index contributed by atoms with van der Waals surface area (Å²) in [5.74, 6) is -0.876. The maximum Gasteiger partial charge on any atom is 0.306 e. The highest BCUT2D eigenvalue weighted by atomic mass is 16.6. The van der Waals surface area contributed by atoms with Gasteiger partial charge in [0.2, 0.25) is 0 Å². The molecule has 0 rings (SSSR count). The van der Waals surface area contributed by atoms with E-state index in [4.69, 9.17) is 14.2 Å². The minimum Gasteiger partial charge on any atom is -0.462 e. The van der Waals surface area contributed by atoms with E-state index in [0.717, 1.165) is 103 Å². The Balaban J connectivity index is 4.24. The van der Waals surface area contributed by atoms with Gasteiger partial charge >= 0.3 is 17.9 Å². The molecule has 0 saturated carbocycles. The van der Waals surface area contributed by atoms with Crippen molar-refractivity contribution in [2.45, 2.75) is 354 Å². The molecule has 0 spiro atoms. The third-order valence-electron chi connectivity index (χ3n) is 15.3. The van der Waals surface area contributed by atoms with Crippen molar-refractivity contribution in [2.24, 2.45) is 0 Å². The lowest BCUT2D eigenvalue weighted by atomic mass is 10.0. The molecule has 0 heterocycles. The number of rotatable bonds is 64. The first-order chi connectivity index (χ1) is 40.5. The van der Waals surface area contributed by atoms with Crippen LogP contribution in [0.3, 0.4) is 0 Å². The molecule has 0 aromatic carbocycles. The molecule has 6 nitrogen and oxygen atoms in total. The van der Waals surface area contributed by atoms with E-state index in [0.29, 0.717) is 19.3 Å². The maximum atomic E-state index is 12.9. The summed E-state index contributed by atoms with van der Waals surface area (Å²) >= 11 is 0. The van der Waals surface area contributed by atoms with Crippen LogP contribution in [-0.2, 0) is 28.6 Å². The van der Waals surface area contributed by atoms with Gasteiger partial charge in [0.1, 0.15) is 13.2 Å². The summed E-state index contributed by atoms with van der Waals surface area (Å²) in [5, 5.41) is 0. The Kier molecular flexibility index (Phi) is 66.7. The van der Waals surface area contributed by atoms with Crippen LogP contribution in [0.5, 0.6) is 0 Å². The van der Waals surface area contributed by atoms with Crippen molar-refractivity contribution in [1.29, 1.82) is 0 Å². The first-order valence-electron chi connectivity index (χ1n) is 35.2. The fourth-order valence-corrected chi connectivity index (χ4v) is 10.0. The van der Waals surface area contributed by atoms with Crippen LogP contribution in [0.2, 0.25) is 0 Å². The van der Waals surface area contributed by atoms with Crippen LogP contribution in [0.15, 0.2) is 97.2 Å². The maximum absolute atomic E-state index is 12.9. The Morgan fingerprint density at radius 1 is 0.256 bits per heavy atom. The van der Waals surface area contributed by atoms with E-state index in [-0.39, 0.29) is 31.1 Å². The van der Waals surface area contributed by atoms with Gasteiger partial charge in [0.25, 0.3) is 0 Å². The molecule has 0 aliphatic carbocycles. The Labute approximate surface area is 508 Å². The number of hydrogen-bond acceptors (Lipinski definition) is 6. The molecule has 0 saturated heterocycles. The molecule has 82 heavy (non-hydrogen) atoms. The Hall–Kier alpha value is -3.67. The zero-order valence-electron chi connectivity index (χ0n) is 54.2. The van der Waals surface area contributed by atoms with E-state index in [2.05, 4.69) is 118 Å². The fourth-order valence-electron chi connectivity index (χ4n) is 10.0. The average Bonchev–Trinajstić information content (AvgIpc) is 3.47. The van der Waals surface area contributed by atoms with Crippen molar-refractivity contribution < 1.29 is 28.6 Å². The van der Waals surface area contributed by atoms with E-state index in [1.165, 1.54) is 205 Å².